The van der Waals surface area contributed by atoms with E-state index in [1.54, 1.807) is 13.8 Å². The van der Waals surface area contributed by atoms with Crippen molar-refractivity contribution < 1.29 is 19.4 Å². The zero-order valence-corrected chi connectivity index (χ0v) is 10.9. The lowest BCUT2D eigenvalue weighted by molar-refractivity contribution is -0.138. The van der Waals surface area contributed by atoms with E-state index in [-0.39, 0.29) is 24.7 Å². The van der Waals surface area contributed by atoms with Crippen LogP contribution in [0, 0.1) is 0 Å². The molecule has 0 aromatic carbocycles. The average molecular weight is 246 g/mol. The van der Waals surface area contributed by atoms with Gasteiger partial charge in [0.15, 0.2) is 0 Å². The second-order valence-electron chi connectivity index (χ2n) is 4.27. The smallest absolute Gasteiger partial charge is 0.323 e. The lowest BCUT2D eigenvalue weighted by atomic mass is 10.3. The Morgan fingerprint density at radius 3 is 2.29 bits per heavy atom. The van der Waals surface area contributed by atoms with Crippen LogP contribution >= 0.6 is 0 Å². The Kier molecular flexibility index (Phi) is 7.29. The van der Waals surface area contributed by atoms with E-state index in [1.165, 1.54) is 4.90 Å². The van der Waals surface area contributed by atoms with E-state index in [0.29, 0.717) is 13.2 Å². The van der Waals surface area contributed by atoms with E-state index in [2.05, 4.69) is 5.32 Å². The van der Waals surface area contributed by atoms with Crippen molar-refractivity contribution in [3.05, 3.63) is 0 Å². The summed E-state index contributed by atoms with van der Waals surface area (Å²) in [7, 11) is 0. The summed E-state index contributed by atoms with van der Waals surface area (Å²) in [5.74, 6) is -1.02. The highest BCUT2D eigenvalue weighted by Gasteiger charge is 2.19. The summed E-state index contributed by atoms with van der Waals surface area (Å²) in [6.45, 7) is 7.86. The summed E-state index contributed by atoms with van der Waals surface area (Å²) >= 11 is 0. The molecule has 0 fully saturated rings. The molecule has 100 valence electrons. The van der Waals surface area contributed by atoms with Crippen LogP contribution < -0.4 is 5.32 Å². The van der Waals surface area contributed by atoms with Crippen molar-refractivity contribution in [2.24, 2.45) is 0 Å². The number of nitrogens with zero attached hydrogens (tertiary/aromatic N) is 1. The van der Waals surface area contributed by atoms with E-state index in [1.807, 2.05) is 13.8 Å². The molecule has 0 heterocycles. The summed E-state index contributed by atoms with van der Waals surface area (Å²) in [4.78, 5) is 23.5. The molecule has 0 aromatic heterocycles. The van der Waals surface area contributed by atoms with Crippen molar-refractivity contribution in [1.82, 2.24) is 10.2 Å². The Bertz CT molecular complexity index is 254. The van der Waals surface area contributed by atoms with E-state index >= 15 is 0 Å². The predicted octanol–water partition coefficient (Wildman–Crippen LogP) is 0.916. The number of carboxylic acid groups (broad SMARTS) is 1. The van der Waals surface area contributed by atoms with Gasteiger partial charge in [-0.2, -0.15) is 0 Å². The molecule has 0 radical (unpaired) electrons. The number of carbonyl (C=O) groups excluding carboxylic acids is 1. The second-order valence-corrected chi connectivity index (χ2v) is 4.27. The van der Waals surface area contributed by atoms with Crippen LogP contribution in [0.2, 0.25) is 0 Å². The lowest BCUT2D eigenvalue weighted by Crippen LogP contribution is -2.47. The van der Waals surface area contributed by atoms with Crippen LogP contribution in [-0.4, -0.2) is 53.8 Å². The molecule has 0 bridgehead atoms. The van der Waals surface area contributed by atoms with Gasteiger partial charge in [0.1, 0.15) is 6.54 Å². The van der Waals surface area contributed by atoms with Crippen LogP contribution in [0.4, 0.5) is 4.79 Å². The van der Waals surface area contributed by atoms with Crippen molar-refractivity contribution in [2.45, 2.75) is 39.8 Å². The van der Waals surface area contributed by atoms with Crippen LogP contribution in [-0.2, 0) is 9.53 Å². The molecule has 0 rings (SSSR count). The number of amides is 2. The first-order chi connectivity index (χ1) is 7.84. The molecule has 6 heteroatoms. The number of hydrogen-bond acceptors (Lipinski definition) is 3. The van der Waals surface area contributed by atoms with Gasteiger partial charge >= 0.3 is 12.0 Å². The largest absolute Gasteiger partial charge is 0.480 e. The van der Waals surface area contributed by atoms with Crippen molar-refractivity contribution in [1.29, 1.82) is 0 Å². The van der Waals surface area contributed by atoms with E-state index in [9.17, 15) is 9.59 Å². The van der Waals surface area contributed by atoms with Gasteiger partial charge in [-0.3, -0.25) is 4.79 Å². The van der Waals surface area contributed by atoms with E-state index in [4.69, 9.17) is 9.84 Å². The molecule has 2 amide bonds. The molecule has 0 saturated heterocycles. The highest BCUT2D eigenvalue weighted by Crippen LogP contribution is 1.98. The first-order valence-corrected chi connectivity index (χ1v) is 5.72. The number of hydrogen-bond donors (Lipinski definition) is 2. The summed E-state index contributed by atoms with van der Waals surface area (Å²) in [5.41, 5.74) is 0. The van der Waals surface area contributed by atoms with Crippen molar-refractivity contribution >= 4 is 12.0 Å². The molecule has 0 aromatic rings. The fourth-order valence-corrected chi connectivity index (χ4v) is 1.19. The summed E-state index contributed by atoms with van der Waals surface area (Å²) in [5, 5.41) is 11.3. The molecule has 0 saturated carbocycles. The third-order valence-corrected chi connectivity index (χ3v) is 2.02. The third-order valence-electron chi connectivity index (χ3n) is 2.02. The first kappa shape index (κ1) is 15.7. The first-order valence-electron chi connectivity index (χ1n) is 5.72. The minimum atomic E-state index is -1.02. The van der Waals surface area contributed by atoms with Gasteiger partial charge in [-0.25, -0.2) is 4.79 Å². The average Bonchev–Trinajstić information content (AvgIpc) is 2.19. The zero-order valence-electron chi connectivity index (χ0n) is 10.9. The van der Waals surface area contributed by atoms with Crippen LogP contribution in [0.1, 0.15) is 27.7 Å². The van der Waals surface area contributed by atoms with Crippen molar-refractivity contribution in [3.63, 3.8) is 0 Å². The third kappa shape index (κ3) is 7.57. The van der Waals surface area contributed by atoms with Gasteiger partial charge in [0.2, 0.25) is 0 Å². The quantitative estimate of drug-likeness (QED) is 0.655. The maximum absolute atomic E-state index is 11.7. The fraction of sp³-hybridized carbons (Fsp3) is 0.818. The van der Waals surface area contributed by atoms with Crippen LogP contribution in [0.5, 0.6) is 0 Å². The van der Waals surface area contributed by atoms with Gasteiger partial charge in [0.05, 0.1) is 12.7 Å². The van der Waals surface area contributed by atoms with Crippen LogP contribution in [0.3, 0.4) is 0 Å². The molecular formula is C11H22N2O4. The zero-order chi connectivity index (χ0) is 13.4. The number of carboxylic acids is 1. The molecule has 0 unspecified atom stereocenters. The van der Waals surface area contributed by atoms with Gasteiger partial charge < -0.3 is 20.1 Å². The number of rotatable bonds is 7. The Morgan fingerprint density at radius 1 is 1.29 bits per heavy atom. The maximum Gasteiger partial charge on any atom is 0.323 e. The highest BCUT2D eigenvalue weighted by molar-refractivity contribution is 5.80. The Morgan fingerprint density at radius 2 is 1.88 bits per heavy atom. The fourth-order valence-electron chi connectivity index (χ4n) is 1.19. The Hall–Kier alpha value is -1.30. The van der Waals surface area contributed by atoms with Gasteiger partial charge in [-0.15, -0.1) is 0 Å². The monoisotopic (exact) mass is 246 g/mol. The maximum atomic E-state index is 11.7. The minimum Gasteiger partial charge on any atom is -0.480 e. The molecule has 0 aliphatic carbocycles. The topological polar surface area (TPSA) is 78.9 Å². The number of nitrogens with one attached hydrogen (secondary N) is 1. The van der Waals surface area contributed by atoms with Gasteiger partial charge in [-0.05, 0) is 27.7 Å². The molecule has 6 nitrogen and oxygen atoms in total. The summed E-state index contributed by atoms with van der Waals surface area (Å²) in [6.07, 6.45) is 0.118. The van der Waals surface area contributed by atoms with E-state index in [0.717, 1.165) is 0 Å². The summed E-state index contributed by atoms with van der Waals surface area (Å²) < 4.78 is 5.26. The second kappa shape index (κ2) is 7.89. The van der Waals surface area contributed by atoms with E-state index < -0.39 is 5.97 Å². The normalized spacial score (nSPS) is 10.7. The number of aliphatic carboxylic acids is 1. The number of urea groups is 1. The van der Waals surface area contributed by atoms with Crippen molar-refractivity contribution in [3.8, 4) is 0 Å². The molecule has 0 atom stereocenters. The number of carbonyl (C=O) groups is 2. The minimum absolute atomic E-state index is 0.118. The van der Waals surface area contributed by atoms with Crippen LogP contribution in [0.15, 0.2) is 0 Å². The SMILES string of the molecule is CC(C)OCCNC(=O)N(CC(=O)O)C(C)C. The highest BCUT2D eigenvalue weighted by atomic mass is 16.5. The van der Waals surface area contributed by atoms with Crippen molar-refractivity contribution in [2.75, 3.05) is 19.7 Å². The molecule has 2 N–H and O–H groups in total. The molecule has 0 aliphatic rings. The molecular weight excluding hydrogens is 224 g/mol. The van der Waals surface area contributed by atoms with Gasteiger partial charge in [0, 0.05) is 12.6 Å². The van der Waals surface area contributed by atoms with Crippen LogP contribution in [0.25, 0.3) is 0 Å². The molecule has 0 spiro atoms. The molecule has 0 aliphatic heterocycles. The summed E-state index contributed by atoms with van der Waals surface area (Å²) in [6, 6.07) is -0.535. The standard InChI is InChI=1S/C11H22N2O4/c1-8(2)13(7-10(14)15)11(16)12-5-6-17-9(3)4/h8-9H,5-7H2,1-4H3,(H,12,16)(H,14,15). The Balaban J connectivity index is 4.02. The number of ether oxygens (including phenoxy) is 1. The Labute approximate surface area is 102 Å². The lowest BCUT2D eigenvalue weighted by Gasteiger charge is -2.25. The predicted molar refractivity (Wildman–Crippen MR) is 64.0 cm³/mol. The van der Waals surface area contributed by atoms with Gasteiger partial charge in [0.25, 0.3) is 0 Å². The van der Waals surface area contributed by atoms with Gasteiger partial charge in [-0.1, -0.05) is 0 Å². The molecule has 17 heavy (non-hydrogen) atoms.